The average Bonchev–Trinajstić information content (AvgIpc) is 2.77. The van der Waals surface area contributed by atoms with Gasteiger partial charge in [-0.3, -0.25) is 25.4 Å². The average molecular weight is 451 g/mol. The van der Waals surface area contributed by atoms with Gasteiger partial charge in [0.15, 0.2) is 0 Å². The lowest BCUT2D eigenvalue weighted by Crippen LogP contribution is -2.45. The molecule has 1 aliphatic carbocycles. The van der Waals surface area contributed by atoms with Gasteiger partial charge in [0.05, 0.1) is 10.6 Å². The highest BCUT2D eigenvalue weighted by Crippen LogP contribution is 2.29. The summed E-state index contributed by atoms with van der Waals surface area (Å²) >= 11 is 5.98. The van der Waals surface area contributed by atoms with Crippen molar-refractivity contribution in [3.63, 3.8) is 0 Å². The maximum Gasteiger partial charge on any atom is 0.271 e. The topological polar surface area (TPSA) is 117 Å². The number of nitrogens with one attached hydrogen (secondary N) is 3. The second kappa shape index (κ2) is 10.0. The molecule has 1 heterocycles. The third-order valence-corrected chi connectivity index (χ3v) is 7.05. The summed E-state index contributed by atoms with van der Waals surface area (Å²) in [5.74, 6) is -0.770. The maximum absolute atomic E-state index is 12.4. The third-order valence-electron chi connectivity index (χ3n) is 5.13. The lowest BCUT2D eigenvalue weighted by atomic mass is 9.82. The van der Waals surface area contributed by atoms with Crippen LogP contribution in [0.2, 0.25) is 5.02 Å². The molecule has 2 amide bonds. The largest absolute Gasteiger partial charge is 0.273 e. The van der Waals surface area contributed by atoms with Crippen molar-refractivity contribution in [2.45, 2.75) is 30.6 Å². The molecule has 0 bridgehead atoms. The van der Waals surface area contributed by atoms with E-state index in [1.807, 2.05) is 0 Å². The minimum absolute atomic E-state index is 0.0593. The molecule has 3 N–H and O–H groups in total. The van der Waals surface area contributed by atoms with Crippen LogP contribution in [-0.4, -0.2) is 31.8 Å². The number of carbonyl (C=O) groups excluding carboxylic acids is 2. The molecule has 0 radical (unpaired) electrons. The molecule has 0 aliphatic heterocycles. The van der Waals surface area contributed by atoms with Crippen molar-refractivity contribution in [3.8, 4) is 0 Å². The van der Waals surface area contributed by atoms with Crippen molar-refractivity contribution < 1.29 is 18.0 Å². The maximum atomic E-state index is 12.4. The van der Waals surface area contributed by atoms with Gasteiger partial charge >= 0.3 is 0 Å². The van der Waals surface area contributed by atoms with Gasteiger partial charge in [0.25, 0.3) is 5.91 Å². The summed E-state index contributed by atoms with van der Waals surface area (Å²) in [7, 11) is -3.68. The molecule has 1 saturated carbocycles. The van der Waals surface area contributed by atoms with Crippen molar-refractivity contribution in [2.24, 2.45) is 11.8 Å². The van der Waals surface area contributed by atoms with E-state index in [0.717, 1.165) is 0 Å². The van der Waals surface area contributed by atoms with Gasteiger partial charge in [0, 0.05) is 24.9 Å². The molecule has 0 atom stereocenters. The Morgan fingerprint density at radius 1 is 1.03 bits per heavy atom. The van der Waals surface area contributed by atoms with Crippen molar-refractivity contribution in [3.05, 3.63) is 59.4 Å². The molecule has 2 aromatic rings. The Bertz CT molecular complexity index is 993. The van der Waals surface area contributed by atoms with Crippen molar-refractivity contribution in [1.29, 1.82) is 0 Å². The van der Waals surface area contributed by atoms with Gasteiger partial charge in [0.2, 0.25) is 15.9 Å². The first-order valence-corrected chi connectivity index (χ1v) is 11.5. The molecule has 8 nitrogen and oxygen atoms in total. The zero-order valence-corrected chi connectivity index (χ0v) is 17.7. The fraction of sp³-hybridized carbons (Fsp3) is 0.350. The van der Waals surface area contributed by atoms with Crippen LogP contribution >= 0.6 is 11.6 Å². The van der Waals surface area contributed by atoms with E-state index in [2.05, 4.69) is 20.6 Å². The van der Waals surface area contributed by atoms with Crippen LogP contribution in [0.5, 0.6) is 0 Å². The second-order valence-electron chi connectivity index (χ2n) is 7.19. The number of pyridine rings is 1. The summed E-state index contributed by atoms with van der Waals surface area (Å²) in [5, 5.41) is 0.179. The molecule has 10 heteroatoms. The SMILES string of the molecule is O=C(NNC(=O)C1CCC(CNS(=O)(=O)c2ccccc2Cl)CC1)c1cccnc1. The van der Waals surface area contributed by atoms with Crippen LogP contribution in [0.25, 0.3) is 0 Å². The highest BCUT2D eigenvalue weighted by atomic mass is 35.5. The summed E-state index contributed by atoms with van der Waals surface area (Å²) < 4.78 is 27.5. The number of hydrazine groups is 1. The van der Waals surface area contributed by atoms with E-state index in [0.29, 0.717) is 37.8 Å². The highest BCUT2D eigenvalue weighted by molar-refractivity contribution is 7.89. The number of halogens is 1. The number of nitrogens with zero attached hydrogens (tertiary/aromatic N) is 1. The first kappa shape index (κ1) is 22.2. The number of rotatable bonds is 6. The molecule has 0 saturated heterocycles. The van der Waals surface area contributed by atoms with Crippen LogP contribution in [-0.2, 0) is 14.8 Å². The normalized spacial score (nSPS) is 19.1. The first-order chi connectivity index (χ1) is 14.4. The number of hydrogen-bond donors (Lipinski definition) is 3. The van der Waals surface area contributed by atoms with Gasteiger partial charge in [0.1, 0.15) is 4.90 Å². The Hall–Kier alpha value is -2.49. The van der Waals surface area contributed by atoms with Crippen LogP contribution in [0.1, 0.15) is 36.0 Å². The molecular weight excluding hydrogens is 428 g/mol. The molecular formula is C20H23ClN4O4S. The van der Waals surface area contributed by atoms with Gasteiger partial charge in [-0.25, -0.2) is 13.1 Å². The molecule has 0 spiro atoms. The number of aromatic nitrogens is 1. The standard InChI is InChI=1S/C20H23ClN4O4S/c21-17-5-1-2-6-18(17)30(28,29)23-12-14-7-9-15(10-8-14)19(26)24-25-20(27)16-4-3-11-22-13-16/h1-6,11,13-15,23H,7-10,12H2,(H,24,26)(H,25,27). The van der Waals surface area contributed by atoms with Gasteiger partial charge in [-0.1, -0.05) is 23.7 Å². The van der Waals surface area contributed by atoms with E-state index in [1.165, 1.54) is 18.3 Å². The van der Waals surface area contributed by atoms with E-state index >= 15 is 0 Å². The van der Waals surface area contributed by atoms with Gasteiger partial charge in [-0.15, -0.1) is 0 Å². The van der Waals surface area contributed by atoms with Gasteiger partial charge < -0.3 is 0 Å². The minimum atomic E-state index is -3.68. The Kier molecular flexibility index (Phi) is 7.41. The fourth-order valence-corrected chi connectivity index (χ4v) is 5.02. The molecule has 160 valence electrons. The van der Waals surface area contributed by atoms with Crippen LogP contribution in [0.15, 0.2) is 53.7 Å². The summed E-state index contributed by atoms with van der Waals surface area (Å²) in [5.41, 5.74) is 5.20. The quantitative estimate of drug-likeness (QED) is 0.583. The summed E-state index contributed by atoms with van der Waals surface area (Å²) in [6.45, 7) is 0.291. The van der Waals surface area contributed by atoms with Crippen molar-refractivity contribution in [2.75, 3.05) is 6.54 Å². The summed E-state index contributed by atoms with van der Waals surface area (Å²) in [4.78, 5) is 28.2. The second-order valence-corrected chi connectivity index (χ2v) is 9.33. The number of amides is 2. The van der Waals surface area contributed by atoms with E-state index in [-0.39, 0.29) is 27.7 Å². The number of carbonyl (C=O) groups is 2. The Balaban J connectivity index is 1.43. The van der Waals surface area contributed by atoms with Crippen molar-refractivity contribution >= 4 is 33.4 Å². The van der Waals surface area contributed by atoms with Crippen molar-refractivity contribution in [1.82, 2.24) is 20.6 Å². The number of sulfonamides is 1. The highest BCUT2D eigenvalue weighted by Gasteiger charge is 2.28. The predicted octanol–water partition coefficient (Wildman–Crippen LogP) is 2.28. The van der Waals surface area contributed by atoms with E-state index < -0.39 is 15.9 Å². The smallest absolute Gasteiger partial charge is 0.271 e. The lowest BCUT2D eigenvalue weighted by molar-refractivity contribution is -0.127. The number of hydrogen-bond acceptors (Lipinski definition) is 5. The van der Waals surface area contributed by atoms with E-state index in [1.54, 1.807) is 30.5 Å². The third kappa shape index (κ3) is 5.78. The summed E-state index contributed by atoms with van der Waals surface area (Å²) in [6.07, 6.45) is 5.62. The molecule has 1 aromatic carbocycles. The fourth-order valence-electron chi connectivity index (χ4n) is 3.39. The zero-order chi connectivity index (χ0) is 21.6. The molecule has 1 fully saturated rings. The molecule has 1 aliphatic rings. The minimum Gasteiger partial charge on any atom is -0.273 e. The Morgan fingerprint density at radius 2 is 1.77 bits per heavy atom. The van der Waals surface area contributed by atoms with Crippen LogP contribution in [0.3, 0.4) is 0 Å². The lowest BCUT2D eigenvalue weighted by Gasteiger charge is -2.27. The molecule has 3 rings (SSSR count). The Labute approximate surface area is 180 Å². The molecule has 0 unspecified atom stereocenters. The van der Waals surface area contributed by atoms with Gasteiger partial charge in [-0.2, -0.15) is 0 Å². The molecule has 30 heavy (non-hydrogen) atoms. The zero-order valence-electron chi connectivity index (χ0n) is 16.2. The van der Waals surface area contributed by atoms with E-state index in [9.17, 15) is 18.0 Å². The monoisotopic (exact) mass is 450 g/mol. The predicted molar refractivity (Wildman–Crippen MR) is 112 cm³/mol. The first-order valence-electron chi connectivity index (χ1n) is 9.61. The summed E-state index contributed by atoms with van der Waals surface area (Å²) in [6, 6.07) is 9.53. The van der Waals surface area contributed by atoms with Crippen LogP contribution < -0.4 is 15.6 Å². The van der Waals surface area contributed by atoms with E-state index in [4.69, 9.17) is 11.6 Å². The molecule has 1 aromatic heterocycles. The number of benzene rings is 1. The van der Waals surface area contributed by atoms with Crippen LogP contribution in [0, 0.1) is 11.8 Å². The Morgan fingerprint density at radius 3 is 2.43 bits per heavy atom. The van der Waals surface area contributed by atoms with Gasteiger partial charge in [-0.05, 0) is 55.9 Å². The van der Waals surface area contributed by atoms with Crippen LogP contribution in [0.4, 0.5) is 0 Å².